The Bertz CT molecular complexity index is 1470. The summed E-state index contributed by atoms with van der Waals surface area (Å²) in [6, 6.07) is -4.27. The summed E-state index contributed by atoms with van der Waals surface area (Å²) in [5.41, 5.74) is 3.52. The number of amides is 5. The van der Waals surface area contributed by atoms with Gasteiger partial charge in [-0.15, -0.1) is 12.3 Å². The average molecular weight is 764 g/mol. The van der Waals surface area contributed by atoms with E-state index in [9.17, 15) is 32.4 Å². The Labute approximate surface area is 317 Å². The molecule has 1 heterocycles. The standard InChI is InChI=1S/C38H65N7O7S/c1-11-13-19-29(33(46)35(48)39-23-12-2)40-34(47)32-28(21-20-26(3)4)22-24-45(32)36(49)31(27-17-15-14-16-18-27)42-37(50)41-30(38(5,6)7)25-44(10)53(51,52)43(8)9/h12,21,27-32H,2,11,13-19,22-25H2,1,3-10H3,(H,39,48)(H,40,47)(H2,41,42,50)/t28?,29?,30-,31+,32+/m1/s1. The van der Waals surface area contributed by atoms with E-state index in [-0.39, 0.29) is 32.0 Å². The molecule has 0 aromatic rings. The number of hydrogen-bond donors (Lipinski definition) is 4. The van der Waals surface area contributed by atoms with Gasteiger partial charge < -0.3 is 26.2 Å². The second kappa shape index (κ2) is 20.8. The number of Topliss-reactive ketones (excluding diaryl/α,β-unsaturated/α-hetero) is 1. The smallest absolute Gasteiger partial charge is 0.315 e. The van der Waals surface area contributed by atoms with Gasteiger partial charge in [-0.2, -0.15) is 17.0 Å². The predicted octanol–water partition coefficient (Wildman–Crippen LogP) is 3.27. The van der Waals surface area contributed by atoms with Crippen LogP contribution in [0.3, 0.4) is 0 Å². The molecule has 0 aromatic heterocycles. The maximum absolute atomic E-state index is 14.7. The van der Waals surface area contributed by atoms with Crippen molar-refractivity contribution in [2.75, 3.05) is 40.8 Å². The van der Waals surface area contributed by atoms with Gasteiger partial charge in [-0.25, -0.2) is 4.79 Å². The van der Waals surface area contributed by atoms with Crippen LogP contribution in [0.5, 0.6) is 0 Å². The number of likely N-dealkylation sites (tertiary alicyclic amines) is 1. The minimum absolute atomic E-state index is 0.00421. The van der Waals surface area contributed by atoms with E-state index in [2.05, 4.69) is 33.6 Å². The summed E-state index contributed by atoms with van der Waals surface area (Å²) in [7, 11) is 0.580. The van der Waals surface area contributed by atoms with Gasteiger partial charge in [-0.05, 0) is 62.5 Å². The molecule has 0 spiro atoms. The van der Waals surface area contributed by atoms with Crippen LogP contribution in [-0.4, -0.2) is 116 Å². The van der Waals surface area contributed by atoms with Crippen molar-refractivity contribution in [1.29, 1.82) is 0 Å². The van der Waals surface area contributed by atoms with Crippen molar-refractivity contribution < 1.29 is 32.4 Å². The van der Waals surface area contributed by atoms with Crippen LogP contribution in [0.1, 0.15) is 99.3 Å². The second-order valence-corrected chi connectivity index (χ2v) is 18.0. The van der Waals surface area contributed by atoms with E-state index in [1.54, 1.807) is 6.08 Å². The Balaban J connectivity index is 2.47. The van der Waals surface area contributed by atoms with Crippen LogP contribution in [0.15, 0.2) is 30.0 Å². The fraction of sp³-hybridized carbons (Fsp3) is 0.737. The number of urea groups is 1. The number of ketones is 1. The fourth-order valence-electron chi connectivity index (χ4n) is 6.73. The third-order valence-corrected chi connectivity index (χ3v) is 11.9. The van der Waals surface area contributed by atoms with Gasteiger partial charge in [0, 0.05) is 52.7 Å². The lowest BCUT2D eigenvalue weighted by molar-refractivity contribution is -0.143. The van der Waals surface area contributed by atoms with Crippen LogP contribution in [0.4, 0.5) is 4.79 Å². The van der Waals surface area contributed by atoms with Gasteiger partial charge in [0.1, 0.15) is 12.1 Å². The number of unbranched alkanes of at least 4 members (excludes halogenated alkanes) is 1. The first-order chi connectivity index (χ1) is 24.8. The Morgan fingerprint density at radius 3 is 2.17 bits per heavy atom. The van der Waals surface area contributed by atoms with Crippen molar-refractivity contribution in [2.45, 2.75) is 123 Å². The van der Waals surface area contributed by atoms with Gasteiger partial charge in [0.15, 0.2) is 0 Å². The molecule has 1 saturated carbocycles. The highest BCUT2D eigenvalue weighted by molar-refractivity contribution is 7.86. The molecular formula is C38H65N7O7S. The van der Waals surface area contributed by atoms with Crippen molar-refractivity contribution in [3.05, 3.63) is 30.0 Å². The molecule has 2 aliphatic rings. The number of rotatable bonds is 18. The summed E-state index contributed by atoms with van der Waals surface area (Å²) >= 11 is 0. The van der Waals surface area contributed by atoms with Crippen LogP contribution >= 0.6 is 0 Å². The van der Waals surface area contributed by atoms with Gasteiger partial charge in [0.2, 0.25) is 17.6 Å². The maximum atomic E-state index is 14.7. The largest absolute Gasteiger partial charge is 0.346 e. The van der Waals surface area contributed by atoms with Crippen molar-refractivity contribution in [3.63, 3.8) is 0 Å². The van der Waals surface area contributed by atoms with Crippen molar-refractivity contribution in [3.8, 4) is 0 Å². The van der Waals surface area contributed by atoms with E-state index in [0.29, 0.717) is 25.7 Å². The highest BCUT2D eigenvalue weighted by Crippen LogP contribution is 2.32. The minimum atomic E-state index is -3.75. The lowest BCUT2D eigenvalue weighted by Gasteiger charge is -2.37. The average Bonchev–Trinajstić information content (AvgIpc) is 3.53. The van der Waals surface area contributed by atoms with Gasteiger partial charge in [0.05, 0.1) is 6.04 Å². The van der Waals surface area contributed by atoms with Crippen LogP contribution in [0.2, 0.25) is 0 Å². The van der Waals surface area contributed by atoms with Gasteiger partial charge >= 0.3 is 6.03 Å². The van der Waals surface area contributed by atoms with Gasteiger partial charge in [0.25, 0.3) is 16.1 Å². The summed E-state index contributed by atoms with van der Waals surface area (Å²) in [4.78, 5) is 70.1. The zero-order valence-corrected chi connectivity index (χ0v) is 34.2. The topological polar surface area (TPSA) is 177 Å². The molecule has 5 atom stereocenters. The van der Waals surface area contributed by atoms with Crippen molar-refractivity contribution in [2.24, 2.45) is 17.3 Å². The lowest BCUT2D eigenvalue weighted by Crippen LogP contribution is -2.61. The van der Waals surface area contributed by atoms with E-state index in [1.807, 2.05) is 41.5 Å². The first-order valence-corrected chi connectivity index (χ1v) is 20.3. The van der Waals surface area contributed by atoms with Crippen LogP contribution in [0.25, 0.3) is 0 Å². The van der Waals surface area contributed by atoms with Crippen LogP contribution in [0, 0.1) is 17.3 Å². The number of nitrogens with zero attached hydrogens (tertiary/aromatic N) is 3. The number of carbonyl (C=O) groups is 5. The Morgan fingerprint density at radius 2 is 1.62 bits per heavy atom. The number of nitrogens with one attached hydrogen (secondary N) is 4. The summed E-state index contributed by atoms with van der Waals surface area (Å²) in [6.07, 6.45) is 9.50. The Hall–Kier alpha value is -3.52. The zero-order chi connectivity index (χ0) is 40.1. The van der Waals surface area contributed by atoms with E-state index >= 15 is 0 Å². The molecule has 2 unspecified atom stereocenters. The monoisotopic (exact) mass is 763 g/mol. The molecule has 0 radical (unpaired) electrons. The summed E-state index contributed by atoms with van der Waals surface area (Å²) in [6.45, 7) is 15.3. The molecule has 53 heavy (non-hydrogen) atoms. The molecule has 300 valence electrons. The molecule has 1 saturated heterocycles. The number of hydrogen-bond acceptors (Lipinski definition) is 7. The molecule has 0 aromatic carbocycles. The minimum Gasteiger partial charge on any atom is -0.346 e. The Morgan fingerprint density at radius 1 is 0.981 bits per heavy atom. The maximum Gasteiger partial charge on any atom is 0.315 e. The first-order valence-electron chi connectivity index (χ1n) is 18.9. The van der Waals surface area contributed by atoms with Gasteiger partial charge in [-0.3, -0.25) is 19.2 Å². The molecular weight excluding hydrogens is 699 g/mol. The molecule has 15 heteroatoms. The highest BCUT2D eigenvalue weighted by atomic mass is 32.2. The quantitative estimate of drug-likeness (QED) is 0.0941. The van der Waals surface area contributed by atoms with Crippen molar-refractivity contribution in [1.82, 2.24) is 34.8 Å². The van der Waals surface area contributed by atoms with E-state index in [4.69, 9.17) is 0 Å². The Kier molecular flexibility index (Phi) is 17.9. The van der Waals surface area contributed by atoms with Crippen molar-refractivity contribution >= 4 is 39.7 Å². The molecule has 0 bridgehead atoms. The normalized spacial score (nSPS) is 19.8. The summed E-state index contributed by atoms with van der Waals surface area (Å²) in [5.74, 6) is -3.15. The number of carbonyl (C=O) groups excluding carboxylic acids is 5. The van der Waals surface area contributed by atoms with E-state index < -0.39 is 75.2 Å². The zero-order valence-electron chi connectivity index (χ0n) is 33.4. The molecule has 4 N–H and O–H groups in total. The molecule has 1 aliphatic heterocycles. The van der Waals surface area contributed by atoms with Crippen LogP contribution < -0.4 is 21.3 Å². The molecule has 1 aliphatic carbocycles. The van der Waals surface area contributed by atoms with E-state index in [1.165, 1.54) is 36.4 Å². The summed E-state index contributed by atoms with van der Waals surface area (Å²) < 4.78 is 27.9. The van der Waals surface area contributed by atoms with Gasteiger partial charge in [-0.1, -0.05) is 65.9 Å². The third-order valence-electron chi connectivity index (χ3n) is 10.0. The second-order valence-electron chi connectivity index (χ2n) is 15.8. The fourth-order valence-corrected chi connectivity index (χ4v) is 7.62. The summed E-state index contributed by atoms with van der Waals surface area (Å²) in [5, 5.41) is 11.2. The SMILES string of the molecule is C=CCNC(=O)C(=O)C(CCCC)NC(=O)[C@@H]1C(C=C=C(C)C)CCN1C(=O)[C@@H](NC(=O)N[C@H](CN(C)S(=O)(=O)N(C)C)C(C)(C)C)C1CCCCC1. The predicted molar refractivity (Wildman–Crippen MR) is 207 cm³/mol. The third kappa shape index (κ3) is 13.4. The van der Waals surface area contributed by atoms with Crippen LogP contribution in [-0.2, 0) is 29.4 Å². The van der Waals surface area contributed by atoms with E-state index in [0.717, 1.165) is 35.6 Å². The molecule has 2 rings (SSSR count). The molecule has 14 nitrogen and oxygen atoms in total. The first kappa shape index (κ1) is 45.6. The molecule has 2 fully saturated rings. The highest BCUT2D eigenvalue weighted by Gasteiger charge is 2.46. The number of likely N-dealkylation sites (N-methyl/N-ethyl adjacent to an activating group) is 1. The lowest BCUT2D eigenvalue weighted by atomic mass is 9.83. The molecule has 5 amide bonds.